The Hall–Kier alpha value is -0.180. The average molecular weight is 240 g/mol. The van der Waals surface area contributed by atoms with Crippen molar-refractivity contribution in [2.24, 2.45) is 10.9 Å². The SMILES string of the molecule is CCCC1CN=C(NCC2CCCCC2)S1. The van der Waals surface area contributed by atoms with Crippen LogP contribution in [0.1, 0.15) is 51.9 Å². The zero-order chi connectivity index (χ0) is 11.2. The lowest BCUT2D eigenvalue weighted by atomic mass is 9.89. The monoisotopic (exact) mass is 240 g/mol. The Balaban J connectivity index is 1.63. The van der Waals surface area contributed by atoms with Crippen molar-refractivity contribution in [3.05, 3.63) is 0 Å². The van der Waals surface area contributed by atoms with E-state index in [1.807, 2.05) is 11.8 Å². The van der Waals surface area contributed by atoms with Crippen molar-refractivity contribution >= 4 is 16.9 Å². The lowest BCUT2D eigenvalue weighted by Gasteiger charge is -2.22. The van der Waals surface area contributed by atoms with E-state index in [0.29, 0.717) is 0 Å². The zero-order valence-corrected chi connectivity index (χ0v) is 11.2. The van der Waals surface area contributed by atoms with Gasteiger partial charge in [-0.15, -0.1) is 0 Å². The summed E-state index contributed by atoms with van der Waals surface area (Å²) in [6, 6.07) is 0. The highest BCUT2D eigenvalue weighted by molar-refractivity contribution is 8.14. The van der Waals surface area contributed by atoms with Gasteiger partial charge in [-0.05, 0) is 25.2 Å². The Bertz CT molecular complexity index is 234. The molecule has 0 aromatic carbocycles. The van der Waals surface area contributed by atoms with Gasteiger partial charge in [0.15, 0.2) is 5.17 Å². The summed E-state index contributed by atoms with van der Waals surface area (Å²) in [5.74, 6) is 0.905. The molecule has 1 unspecified atom stereocenters. The summed E-state index contributed by atoms with van der Waals surface area (Å²) >= 11 is 1.96. The fraction of sp³-hybridized carbons (Fsp3) is 0.923. The second-order valence-electron chi connectivity index (χ2n) is 5.06. The van der Waals surface area contributed by atoms with Gasteiger partial charge in [0.2, 0.25) is 0 Å². The molecular weight excluding hydrogens is 216 g/mol. The summed E-state index contributed by atoms with van der Waals surface area (Å²) in [4.78, 5) is 4.59. The lowest BCUT2D eigenvalue weighted by Crippen LogP contribution is -2.27. The van der Waals surface area contributed by atoms with Crippen molar-refractivity contribution in [1.82, 2.24) is 5.32 Å². The topological polar surface area (TPSA) is 24.4 Å². The fourth-order valence-electron chi connectivity index (χ4n) is 2.61. The van der Waals surface area contributed by atoms with Gasteiger partial charge in [0.1, 0.15) is 0 Å². The van der Waals surface area contributed by atoms with Crippen LogP contribution in [0.2, 0.25) is 0 Å². The van der Waals surface area contributed by atoms with Crippen LogP contribution in [-0.2, 0) is 0 Å². The molecule has 0 amide bonds. The Morgan fingerprint density at radius 1 is 1.31 bits per heavy atom. The third kappa shape index (κ3) is 3.69. The molecule has 1 atom stereocenters. The normalized spacial score (nSPS) is 26.8. The van der Waals surface area contributed by atoms with Crippen molar-refractivity contribution in [2.45, 2.75) is 57.1 Å². The third-order valence-electron chi connectivity index (χ3n) is 3.59. The minimum absolute atomic E-state index is 0.749. The predicted octanol–water partition coefficient (Wildman–Crippen LogP) is 3.43. The van der Waals surface area contributed by atoms with Gasteiger partial charge in [-0.25, -0.2) is 0 Å². The van der Waals surface area contributed by atoms with Crippen LogP contribution in [0, 0.1) is 5.92 Å². The summed E-state index contributed by atoms with van der Waals surface area (Å²) in [7, 11) is 0. The third-order valence-corrected chi connectivity index (χ3v) is 4.81. The number of aliphatic imine (C=N–C) groups is 1. The van der Waals surface area contributed by atoms with Crippen LogP contribution in [0.5, 0.6) is 0 Å². The van der Waals surface area contributed by atoms with E-state index >= 15 is 0 Å². The first-order valence-corrected chi connectivity index (χ1v) is 7.71. The number of nitrogens with one attached hydrogen (secondary N) is 1. The molecular formula is C13H24N2S. The minimum Gasteiger partial charge on any atom is -0.365 e. The number of rotatable bonds is 4. The van der Waals surface area contributed by atoms with Gasteiger partial charge < -0.3 is 5.32 Å². The van der Waals surface area contributed by atoms with Gasteiger partial charge in [0, 0.05) is 11.8 Å². The number of hydrogen-bond donors (Lipinski definition) is 1. The van der Waals surface area contributed by atoms with E-state index in [1.54, 1.807) is 0 Å². The summed E-state index contributed by atoms with van der Waals surface area (Å²) < 4.78 is 0. The van der Waals surface area contributed by atoms with Gasteiger partial charge in [-0.3, -0.25) is 4.99 Å². The van der Waals surface area contributed by atoms with E-state index in [0.717, 1.165) is 24.3 Å². The van der Waals surface area contributed by atoms with E-state index in [4.69, 9.17) is 0 Å². The molecule has 0 aromatic heterocycles. The first kappa shape index (κ1) is 12.3. The molecule has 0 spiro atoms. The van der Waals surface area contributed by atoms with Gasteiger partial charge in [0.05, 0.1) is 6.54 Å². The molecule has 0 radical (unpaired) electrons. The Morgan fingerprint density at radius 3 is 2.88 bits per heavy atom. The zero-order valence-electron chi connectivity index (χ0n) is 10.4. The van der Waals surface area contributed by atoms with Gasteiger partial charge in [-0.1, -0.05) is 44.4 Å². The van der Waals surface area contributed by atoms with Crippen molar-refractivity contribution in [2.75, 3.05) is 13.1 Å². The Morgan fingerprint density at radius 2 is 2.12 bits per heavy atom. The number of amidine groups is 1. The van der Waals surface area contributed by atoms with Crippen molar-refractivity contribution < 1.29 is 0 Å². The standard InChI is InChI=1S/C13H24N2S/c1-2-6-12-10-15-13(16-12)14-9-11-7-4-3-5-8-11/h11-12H,2-10H2,1H3,(H,14,15). The molecule has 2 nitrogen and oxygen atoms in total. The Labute approximate surface area is 104 Å². The van der Waals surface area contributed by atoms with Gasteiger partial charge >= 0.3 is 0 Å². The highest BCUT2D eigenvalue weighted by atomic mass is 32.2. The number of thioether (sulfide) groups is 1. The quantitative estimate of drug-likeness (QED) is 0.814. The van der Waals surface area contributed by atoms with Crippen LogP contribution >= 0.6 is 11.8 Å². The molecule has 1 N–H and O–H groups in total. The van der Waals surface area contributed by atoms with Gasteiger partial charge in [-0.2, -0.15) is 0 Å². The van der Waals surface area contributed by atoms with Crippen LogP contribution in [-0.4, -0.2) is 23.5 Å². The molecule has 0 bridgehead atoms. The molecule has 0 saturated heterocycles. The molecule has 16 heavy (non-hydrogen) atoms. The molecule has 2 rings (SSSR count). The van der Waals surface area contributed by atoms with Gasteiger partial charge in [0.25, 0.3) is 0 Å². The predicted molar refractivity (Wildman–Crippen MR) is 73.2 cm³/mol. The molecule has 92 valence electrons. The van der Waals surface area contributed by atoms with E-state index in [2.05, 4.69) is 17.2 Å². The van der Waals surface area contributed by atoms with E-state index < -0.39 is 0 Å². The molecule has 0 aromatic rings. The maximum Gasteiger partial charge on any atom is 0.156 e. The van der Waals surface area contributed by atoms with Crippen LogP contribution < -0.4 is 5.32 Å². The van der Waals surface area contributed by atoms with Crippen molar-refractivity contribution in [1.29, 1.82) is 0 Å². The van der Waals surface area contributed by atoms with E-state index in [-0.39, 0.29) is 0 Å². The van der Waals surface area contributed by atoms with Crippen molar-refractivity contribution in [3.63, 3.8) is 0 Å². The first-order valence-electron chi connectivity index (χ1n) is 6.83. The lowest BCUT2D eigenvalue weighted by molar-refractivity contribution is 0.357. The van der Waals surface area contributed by atoms with Crippen LogP contribution in [0.15, 0.2) is 4.99 Å². The minimum atomic E-state index is 0.749. The number of nitrogens with zero attached hydrogens (tertiary/aromatic N) is 1. The summed E-state index contributed by atoms with van der Waals surface area (Å²) in [5, 5.41) is 5.51. The molecule has 1 fully saturated rings. The molecule has 2 aliphatic rings. The van der Waals surface area contributed by atoms with E-state index in [9.17, 15) is 0 Å². The maximum atomic E-state index is 4.59. The van der Waals surface area contributed by atoms with Crippen molar-refractivity contribution in [3.8, 4) is 0 Å². The summed E-state index contributed by atoms with van der Waals surface area (Å²) in [5.41, 5.74) is 0. The molecule has 1 heterocycles. The Kier molecular flexibility index (Phi) is 5.01. The summed E-state index contributed by atoms with van der Waals surface area (Å²) in [6.45, 7) is 4.45. The molecule has 1 aliphatic carbocycles. The average Bonchev–Trinajstić information content (AvgIpc) is 2.76. The number of hydrogen-bond acceptors (Lipinski definition) is 3. The first-order chi connectivity index (χ1) is 7.88. The molecule has 3 heteroatoms. The second kappa shape index (κ2) is 6.53. The maximum absolute atomic E-state index is 4.59. The van der Waals surface area contributed by atoms with Crippen LogP contribution in [0.4, 0.5) is 0 Å². The largest absolute Gasteiger partial charge is 0.365 e. The highest BCUT2D eigenvalue weighted by Gasteiger charge is 2.20. The second-order valence-corrected chi connectivity index (χ2v) is 6.35. The van der Waals surface area contributed by atoms with Crippen LogP contribution in [0.25, 0.3) is 0 Å². The smallest absolute Gasteiger partial charge is 0.156 e. The van der Waals surface area contributed by atoms with Crippen LogP contribution in [0.3, 0.4) is 0 Å². The summed E-state index contributed by atoms with van der Waals surface area (Å²) in [6.07, 6.45) is 9.75. The highest BCUT2D eigenvalue weighted by Crippen LogP contribution is 2.25. The molecule has 1 saturated carbocycles. The van der Waals surface area contributed by atoms with E-state index in [1.165, 1.54) is 50.1 Å². The molecule has 1 aliphatic heterocycles. The fourth-order valence-corrected chi connectivity index (χ4v) is 3.74.